The van der Waals surface area contributed by atoms with Gasteiger partial charge < -0.3 is 4.57 Å². The van der Waals surface area contributed by atoms with Crippen LogP contribution in [0.3, 0.4) is 0 Å². The molecule has 0 saturated heterocycles. The van der Waals surface area contributed by atoms with Crippen molar-refractivity contribution in [2.24, 2.45) is 12.0 Å². The SMILES string of the molecule is Cc1ccc2c(c1)sc(=NC(=O)CCCS(=O)(=O)Cc1ccccc1)n2C. The van der Waals surface area contributed by atoms with E-state index in [9.17, 15) is 13.2 Å². The molecule has 3 rings (SSSR count). The number of amides is 1. The molecule has 0 radical (unpaired) electrons. The highest BCUT2D eigenvalue weighted by atomic mass is 32.2. The number of nitrogens with zero attached hydrogens (tertiary/aromatic N) is 2. The van der Waals surface area contributed by atoms with Crippen LogP contribution in [0.25, 0.3) is 10.2 Å². The predicted molar refractivity (Wildman–Crippen MR) is 109 cm³/mol. The van der Waals surface area contributed by atoms with Crippen LogP contribution in [-0.4, -0.2) is 24.6 Å². The minimum Gasteiger partial charge on any atom is -0.319 e. The van der Waals surface area contributed by atoms with Crippen molar-refractivity contribution in [3.05, 3.63) is 64.5 Å². The highest BCUT2D eigenvalue weighted by molar-refractivity contribution is 7.90. The Bertz CT molecular complexity index is 1130. The minimum atomic E-state index is -3.23. The molecular formula is C20H22N2O3S2. The van der Waals surface area contributed by atoms with Gasteiger partial charge in [0.05, 0.1) is 21.7 Å². The molecule has 0 aliphatic rings. The number of sulfone groups is 1. The third-order valence-corrected chi connectivity index (χ3v) is 7.04. The topological polar surface area (TPSA) is 68.5 Å². The summed E-state index contributed by atoms with van der Waals surface area (Å²) in [7, 11) is -1.35. The van der Waals surface area contributed by atoms with Crippen LogP contribution in [0, 0.1) is 6.92 Å². The molecule has 1 heterocycles. The molecule has 0 spiro atoms. The number of fused-ring (bicyclic) bond motifs is 1. The van der Waals surface area contributed by atoms with Gasteiger partial charge in [0.25, 0.3) is 0 Å². The van der Waals surface area contributed by atoms with E-state index in [1.165, 1.54) is 11.3 Å². The normalized spacial score (nSPS) is 12.6. The average molecular weight is 403 g/mol. The van der Waals surface area contributed by atoms with E-state index in [0.717, 1.165) is 21.3 Å². The zero-order valence-corrected chi connectivity index (χ0v) is 17.0. The lowest BCUT2D eigenvalue weighted by atomic mass is 10.2. The molecule has 7 heteroatoms. The first-order valence-electron chi connectivity index (χ1n) is 8.72. The fraction of sp³-hybridized carbons (Fsp3) is 0.300. The van der Waals surface area contributed by atoms with Crippen LogP contribution in [0.1, 0.15) is 24.0 Å². The van der Waals surface area contributed by atoms with Gasteiger partial charge in [0, 0.05) is 13.5 Å². The standard InChI is InChI=1S/C20H22N2O3S2/c1-15-10-11-17-18(13-15)26-20(22(17)2)21-19(23)9-6-12-27(24,25)14-16-7-4-3-5-8-16/h3-5,7-8,10-11,13H,6,9,12,14H2,1-2H3. The third-order valence-electron chi connectivity index (χ3n) is 4.26. The summed E-state index contributed by atoms with van der Waals surface area (Å²) in [5.41, 5.74) is 2.95. The molecular weight excluding hydrogens is 380 g/mol. The molecule has 0 fully saturated rings. The summed E-state index contributed by atoms with van der Waals surface area (Å²) in [6, 6.07) is 15.2. The first-order valence-corrected chi connectivity index (χ1v) is 11.4. The molecule has 1 aromatic heterocycles. The van der Waals surface area contributed by atoms with Crippen LogP contribution in [0.4, 0.5) is 0 Å². The van der Waals surface area contributed by atoms with Crippen LogP contribution < -0.4 is 4.80 Å². The van der Waals surface area contributed by atoms with Crippen molar-refractivity contribution in [1.82, 2.24) is 4.57 Å². The van der Waals surface area contributed by atoms with Crippen molar-refractivity contribution >= 4 is 37.3 Å². The van der Waals surface area contributed by atoms with Gasteiger partial charge in [-0.2, -0.15) is 4.99 Å². The van der Waals surface area contributed by atoms with Gasteiger partial charge in [-0.25, -0.2) is 8.42 Å². The van der Waals surface area contributed by atoms with Crippen LogP contribution in [0.2, 0.25) is 0 Å². The molecule has 3 aromatic rings. The summed E-state index contributed by atoms with van der Waals surface area (Å²) >= 11 is 1.46. The largest absolute Gasteiger partial charge is 0.319 e. The fourth-order valence-electron chi connectivity index (χ4n) is 2.85. The Morgan fingerprint density at radius 2 is 1.89 bits per heavy atom. The van der Waals surface area contributed by atoms with Crippen molar-refractivity contribution in [3.63, 3.8) is 0 Å². The summed E-state index contributed by atoms with van der Waals surface area (Å²) in [6.07, 6.45) is 0.409. The smallest absolute Gasteiger partial charge is 0.248 e. The number of carbonyl (C=O) groups is 1. The van der Waals surface area contributed by atoms with E-state index in [0.29, 0.717) is 4.80 Å². The molecule has 0 atom stereocenters. The van der Waals surface area contributed by atoms with Gasteiger partial charge >= 0.3 is 0 Å². The number of benzene rings is 2. The molecule has 0 bridgehead atoms. The number of thiazole rings is 1. The molecule has 142 valence electrons. The maximum absolute atomic E-state index is 12.2. The van der Waals surface area contributed by atoms with Gasteiger partial charge in [0.1, 0.15) is 0 Å². The van der Waals surface area contributed by atoms with E-state index in [-0.39, 0.29) is 30.3 Å². The Kier molecular flexibility index (Phi) is 5.92. The minimum absolute atomic E-state index is 0.00377. The van der Waals surface area contributed by atoms with E-state index >= 15 is 0 Å². The van der Waals surface area contributed by atoms with Gasteiger partial charge in [-0.05, 0) is 36.6 Å². The molecule has 0 aliphatic carbocycles. The molecule has 0 N–H and O–H groups in total. The Balaban J connectivity index is 1.63. The average Bonchev–Trinajstić information content (AvgIpc) is 2.90. The third kappa shape index (κ3) is 5.14. The lowest BCUT2D eigenvalue weighted by Gasteiger charge is -2.03. The second kappa shape index (κ2) is 8.19. The van der Waals surface area contributed by atoms with Gasteiger partial charge in [-0.3, -0.25) is 4.79 Å². The van der Waals surface area contributed by atoms with Crippen LogP contribution in [0.5, 0.6) is 0 Å². The van der Waals surface area contributed by atoms with E-state index in [2.05, 4.69) is 11.1 Å². The summed E-state index contributed by atoms with van der Waals surface area (Å²) in [5, 5.41) is 0. The van der Waals surface area contributed by atoms with E-state index in [4.69, 9.17) is 0 Å². The molecule has 27 heavy (non-hydrogen) atoms. The maximum Gasteiger partial charge on any atom is 0.248 e. The lowest BCUT2D eigenvalue weighted by Crippen LogP contribution is -2.14. The van der Waals surface area contributed by atoms with Crippen molar-refractivity contribution in [1.29, 1.82) is 0 Å². The molecule has 5 nitrogen and oxygen atoms in total. The first kappa shape index (κ1) is 19.5. The second-order valence-electron chi connectivity index (χ2n) is 6.60. The number of rotatable bonds is 6. The van der Waals surface area contributed by atoms with Crippen molar-refractivity contribution in [2.45, 2.75) is 25.5 Å². The first-order chi connectivity index (χ1) is 12.8. The maximum atomic E-state index is 12.2. The Hall–Kier alpha value is -2.25. The molecule has 0 unspecified atom stereocenters. The number of hydrogen-bond acceptors (Lipinski definition) is 4. The van der Waals surface area contributed by atoms with Crippen molar-refractivity contribution < 1.29 is 13.2 Å². The number of hydrogen-bond donors (Lipinski definition) is 0. The Morgan fingerprint density at radius 1 is 1.15 bits per heavy atom. The monoisotopic (exact) mass is 402 g/mol. The van der Waals surface area contributed by atoms with E-state index in [1.807, 2.05) is 48.9 Å². The lowest BCUT2D eigenvalue weighted by molar-refractivity contribution is -0.118. The highest BCUT2D eigenvalue weighted by Crippen LogP contribution is 2.18. The Morgan fingerprint density at radius 3 is 2.63 bits per heavy atom. The molecule has 2 aromatic carbocycles. The van der Waals surface area contributed by atoms with E-state index < -0.39 is 9.84 Å². The van der Waals surface area contributed by atoms with Crippen LogP contribution in [0.15, 0.2) is 53.5 Å². The van der Waals surface area contributed by atoms with Gasteiger partial charge in [0.15, 0.2) is 14.6 Å². The summed E-state index contributed by atoms with van der Waals surface area (Å²) in [4.78, 5) is 17.0. The quantitative estimate of drug-likeness (QED) is 0.635. The molecule has 0 saturated carbocycles. The Labute approximate surface area is 162 Å². The fourth-order valence-corrected chi connectivity index (χ4v) is 5.42. The zero-order valence-electron chi connectivity index (χ0n) is 15.4. The number of aromatic nitrogens is 1. The zero-order chi connectivity index (χ0) is 19.4. The summed E-state index contributed by atoms with van der Waals surface area (Å²) in [6.45, 7) is 2.02. The molecule has 0 aliphatic heterocycles. The van der Waals surface area contributed by atoms with Gasteiger partial charge in [-0.15, -0.1) is 0 Å². The predicted octanol–water partition coefficient (Wildman–Crippen LogP) is 3.37. The van der Waals surface area contributed by atoms with Crippen molar-refractivity contribution in [3.8, 4) is 0 Å². The number of aryl methyl sites for hydroxylation is 2. The van der Waals surface area contributed by atoms with Gasteiger partial charge in [-0.1, -0.05) is 47.7 Å². The van der Waals surface area contributed by atoms with Crippen molar-refractivity contribution in [2.75, 3.05) is 5.75 Å². The second-order valence-corrected chi connectivity index (χ2v) is 9.79. The number of carbonyl (C=O) groups excluding carboxylic acids is 1. The summed E-state index contributed by atoms with van der Waals surface area (Å²) in [5.74, 6) is -0.297. The summed E-state index contributed by atoms with van der Waals surface area (Å²) < 4.78 is 27.4. The van der Waals surface area contributed by atoms with E-state index in [1.54, 1.807) is 12.1 Å². The molecule has 1 amide bonds. The van der Waals surface area contributed by atoms with Gasteiger partial charge in [0.2, 0.25) is 5.91 Å². The highest BCUT2D eigenvalue weighted by Gasteiger charge is 2.13. The van der Waals surface area contributed by atoms with Crippen LogP contribution >= 0.6 is 11.3 Å². The van der Waals surface area contributed by atoms with Crippen LogP contribution in [-0.2, 0) is 27.4 Å².